The number of benzene rings is 1. The van der Waals surface area contributed by atoms with E-state index < -0.39 is 5.82 Å². The predicted octanol–water partition coefficient (Wildman–Crippen LogP) is 1.45. The molecule has 1 aromatic carbocycles. The summed E-state index contributed by atoms with van der Waals surface area (Å²) in [6, 6.07) is 4.69. The molecule has 0 radical (unpaired) electrons. The standard InChI is InChI=1S/C13H19FN2O2/c1-3-15-9-13(17)16-8-10-5-6-12(18-4-2)11(14)7-10/h5-7,15H,3-4,8-9H2,1-2H3,(H,16,17). The molecule has 0 bridgehead atoms. The molecule has 0 atom stereocenters. The fourth-order valence-corrected chi connectivity index (χ4v) is 1.43. The van der Waals surface area contributed by atoms with Crippen molar-refractivity contribution in [1.29, 1.82) is 0 Å². The zero-order chi connectivity index (χ0) is 13.4. The summed E-state index contributed by atoms with van der Waals surface area (Å²) >= 11 is 0. The van der Waals surface area contributed by atoms with Crippen molar-refractivity contribution < 1.29 is 13.9 Å². The first-order chi connectivity index (χ1) is 8.67. The lowest BCUT2D eigenvalue weighted by Gasteiger charge is -2.08. The summed E-state index contributed by atoms with van der Waals surface area (Å²) in [6.45, 7) is 5.48. The van der Waals surface area contributed by atoms with E-state index in [1.807, 2.05) is 6.92 Å². The highest BCUT2D eigenvalue weighted by Gasteiger charge is 2.05. The number of halogens is 1. The molecule has 100 valence electrons. The Morgan fingerprint density at radius 3 is 2.78 bits per heavy atom. The largest absolute Gasteiger partial charge is 0.491 e. The van der Waals surface area contributed by atoms with E-state index in [4.69, 9.17) is 4.74 Å². The number of carbonyl (C=O) groups excluding carboxylic acids is 1. The highest BCUT2D eigenvalue weighted by atomic mass is 19.1. The number of nitrogens with one attached hydrogen (secondary N) is 2. The summed E-state index contributed by atoms with van der Waals surface area (Å²) in [4.78, 5) is 11.3. The molecule has 0 heterocycles. The van der Waals surface area contributed by atoms with E-state index in [-0.39, 0.29) is 18.2 Å². The SMILES string of the molecule is CCNCC(=O)NCc1ccc(OCC)c(F)c1. The van der Waals surface area contributed by atoms with Gasteiger partial charge >= 0.3 is 0 Å². The van der Waals surface area contributed by atoms with Crippen LogP contribution in [0.25, 0.3) is 0 Å². The van der Waals surface area contributed by atoms with Crippen LogP contribution in [0.1, 0.15) is 19.4 Å². The maximum Gasteiger partial charge on any atom is 0.234 e. The van der Waals surface area contributed by atoms with Gasteiger partial charge in [-0.05, 0) is 31.2 Å². The first-order valence-electron chi connectivity index (χ1n) is 6.06. The summed E-state index contributed by atoms with van der Waals surface area (Å²) in [5, 5.41) is 5.62. The third-order valence-electron chi connectivity index (χ3n) is 2.32. The van der Waals surface area contributed by atoms with E-state index in [1.54, 1.807) is 19.1 Å². The summed E-state index contributed by atoms with van der Waals surface area (Å²) in [5.74, 6) is -0.276. The Bertz CT molecular complexity index is 397. The molecule has 0 aliphatic carbocycles. The molecule has 0 aliphatic heterocycles. The van der Waals surface area contributed by atoms with E-state index in [2.05, 4.69) is 10.6 Å². The van der Waals surface area contributed by atoms with Gasteiger partial charge in [0.25, 0.3) is 0 Å². The number of rotatable bonds is 7. The van der Waals surface area contributed by atoms with Crippen LogP contribution in [-0.2, 0) is 11.3 Å². The molecule has 0 unspecified atom stereocenters. The maximum absolute atomic E-state index is 13.5. The van der Waals surface area contributed by atoms with Crippen LogP contribution in [0.5, 0.6) is 5.75 Å². The van der Waals surface area contributed by atoms with Crippen molar-refractivity contribution in [1.82, 2.24) is 10.6 Å². The van der Waals surface area contributed by atoms with Gasteiger partial charge in [0.2, 0.25) is 5.91 Å². The van der Waals surface area contributed by atoms with Crippen LogP contribution in [0.4, 0.5) is 4.39 Å². The van der Waals surface area contributed by atoms with Crippen molar-refractivity contribution in [3.8, 4) is 5.75 Å². The van der Waals surface area contributed by atoms with Crippen LogP contribution in [0.3, 0.4) is 0 Å². The molecule has 2 N–H and O–H groups in total. The minimum Gasteiger partial charge on any atom is -0.491 e. The molecule has 4 nitrogen and oxygen atoms in total. The second kappa shape index (κ2) is 7.66. The van der Waals surface area contributed by atoms with Crippen LogP contribution >= 0.6 is 0 Å². The predicted molar refractivity (Wildman–Crippen MR) is 68.0 cm³/mol. The Kier molecular flexibility index (Phi) is 6.14. The second-order valence-electron chi connectivity index (χ2n) is 3.75. The van der Waals surface area contributed by atoms with Gasteiger partial charge in [0.1, 0.15) is 0 Å². The minimum absolute atomic E-state index is 0.105. The van der Waals surface area contributed by atoms with Crippen LogP contribution < -0.4 is 15.4 Å². The molecular weight excluding hydrogens is 235 g/mol. The lowest BCUT2D eigenvalue weighted by molar-refractivity contribution is -0.120. The van der Waals surface area contributed by atoms with Gasteiger partial charge in [0, 0.05) is 6.54 Å². The highest BCUT2D eigenvalue weighted by Crippen LogP contribution is 2.18. The van der Waals surface area contributed by atoms with Gasteiger partial charge in [-0.15, -0.1) is 0 Å². The van der Waals surface area contributed by atoms with Crippen LogP contribution in [-0.4, -0.2) is 25.6 Å². The van der Waals surface area contributed by atoms with Gasteiger partial charge in [0.15, 0.2) is 11.6 Å². The number of carbonyl (C=O) groups is 1. The van der Waals surface area contributed by atoms with Crippen molar-refractivity contribution in [2.24, 2.45) is 0 Å². The third-order valence-corrected chi connectivity index (χ3v) is 2.32. The fourth-order valence-electron chi connectivity index (χ4n) is 1.43. The molecule has 0 aromatic heterocycles. The topological polar surface area (TPSA) is 50.4 Å². The first kappa shape index (κ1) is 14.4. The number of ether oxygens (including phenoxy) is 1. The summed E-state index contributed by atoms with van der Waals surface area (Å²) in [6.07, 6.45) is 0. The Morgan fingerprint density at radius 1 is 1.39 bits per heavy atom. The molecule has 0 saturated heterocycles. The monoisotopic (exact) mass is 254 g/mol. The average Bonchev–Trinajstić information content (AvgIpc) is 2.37. The van der Waals surface area contributed by atoms with Gasteiger partial charge in [0.05, 0.1) is 13.2 Å². The zero-order valence-corrected chi connectivity index (χ0v) is 10.8. The van der Waals surface area contributed by atoms with Gasteiger partial charge < -0.3 is 15.4 Å². The third kappa shape index (κ3) is 4.71. The molecule has 0 fully saturated rings. The van der Waals surface area contributed by atoms with Crippen molar-refractivity contribution >= 4 is 5.91 Å². The molecule has 5 heteroatoms. The summed E-state index contributed by atoms with van der Waals surface area (Å²) < 4.78 is 18.6. The van der Waals surface area contributed by atoms with Gasteiger partial charge in [-0.25, -0.2) is 4.39 Å². The molecule has 1 amide bonds. The van der Waals surface area contributed by atoms with Crippen molar-refractivity contribution in [3.63, 3.8) is 0 Å². The quantitative estimate of drug-likeness (QED) is 0.774. The average molecular weight is 254 g/mol. The van der Waals surface area contributed by atoms with E-state index in [0.717, 1.165) is 6.54 Å². The zero-order valence-electron chi connectivity index (χ0n) is 10.8. The highest BCUT2D eigenvalue weighted by molar-refractivity contribution is 5.77. The van der Waals surface area contributed by atoms with E-state index in [9.17, 15) is 9.18 Å². The van der Waals surface area contributed by atoms with E-state index in [1.165, 1.54) is 6.07 Å². The number of likely N-dealkylation sites (N-methyl/N-ethyl adjacent to an activating group) is 1. The lowest BCUT2D eigenvalue weighted by Crippen LogP contribution is -2.33. The molecule has 0 aliphatic rings. The second-order valence-corrected chi connectivity index (χ2v) is 3.75. The van der Waals surface area contributed by atoms with Crippen LogP contribution in [0.15, 0.2) is 18.2 Å². The Hall–Kier alpha value is -1.62. The molecule has 0 saturated carbocycles. The van der Waals surface area contributed by atoms with E-state index in [0.29, 0.717) is 18.7 Å². The minimum atomic E-state index is -0.407. The van der Waals surface area contributed by atoms with E-state index >= 15 is 0 Å². The molecule has 0 spiro atoms. The number of hydrogen-bond donors (Lipinski definition) is 2. The van der Waals surface area contributed by atoms with Crippen LogP contribution in [0.2, 0.25) is 0 Å². The lowest BCUT2D eigenvalue weighted by atomic mass is 10.2. The molecular formula is C13H19FN2O2. The van der Waals surface area contributed by atoms with Gasteiger partial charge in [-0.1, -0.05) is 13.0 Å². The normalized spacial score (nSPS) is 10.2. The smallest absolute Gasteiger partial charge is 0.234 e. The fraction of sp³-hybridized carbons (Fsp3) is 0.462. The molecule has 1 rings (SSSR count). The Labute approximate surface area is 107 Å². The Morgan fingerprint density at radius 2 is 2.17 bits per heavy atom. The van der Waals surface area contributed by atoms with Crippen molar-refractivity contribution in [2.45, 2.75) is 20.4 Å². The van der Waals surface area contributed by atoms with Gasteiger partial charge in [-0.3, -0.25) is 4.79 Å². The Balaban J connectivity index is 2.48. The first-order valence-corrected chi connectivity index (χ1v) is 6.06. The molecule has 1 aromatic rings. The van der Waals surface area contributed by atoms with Crippen molar-refractivity contribution in [3.05, 3.63) is 29.6 Å². The number of hydrogen-bond acceptors (Lipinski definition) is 3. The van der Waals surface area contributed by atoms with Gasteiger partial charge in [-0.2, -0.15) is 0 Å². The maximum atomic E-state index is 13.5. The number of amides is 1. The summed E-state index contributed by atoms with van der Waals surface area (Å²) in [5.41, 5.74) is 0.709. The molecule has 18 heavy (non-hydrogen) atoms. The summed E-state index contributed by atoms with van der Waals surface area (Å²) in [7, 11) is 0. The van der Waals surface area contributed by atoms with Crippen LogP contribution in [0, 0.1) is 5.82 Å². The van der Waals surface area contributed by atoms with Crippen molar-refractivity contribution in [2.75, 3.05) is 19.7 Å².